The largest absolute Gasteiger partial charge is 0.463 e. The number of hydrogen-bond donors (Lipinski definition) is 2. The Kier molecular flexibility index (Phi) is 6.52. The van der Waals surface area contributed by atoms with Crippen LogP contribution in [0.1, 0.15) is 41.4 Å². The van der Waals surface area contributed by atoms with Crippen LogP contribution in [0.15, 0.2) is 59.8 Å². The predicted molar refractivity (Wildman–Crippen MR) is 121 cm³/mol. The van der Waals surface area contributed by atoms with Crippen LogP contribution in [0.2, 0.25) is 0 Å². The normalized spacial score (nSPS) is 16.2. The van der Waals surface area contributed by atoms with E-state index in [1.807, 2.05) is 56.3 Å². The predicted octanol–water partition coefficient (Wildman–Crippen LogP) is 3.95. The third-order valence-corrected chi connectivity index (χ3v) is 5.51. The standard InChI is InChI=1S/C23H25N3O3S/c1-5-29-22(28)19-15(3)26(4)23(30)25-20(19)16-10-8-11-17(13-16)24-21(27)18-12-7-6-9-14(18)2/h6-13,20H,5H2,1-4H3,(H,24,27)(H,25,30). The number of nitrogens with zero attached hydrogens (tertiary/aromatic N) is 1. The summed E-state index contributed by atoms with van der Waals surface area (Å²) in [5, 5.41) is 6.66. The van der Waals surface area contributed by atoms with Crippen LogP contribution < -0.4 is 10.6 Å². The molecule has 1 aliphatic rings. The number of anilines is 1. The fourth-order valence-electron chi connectivity index (χ4n) is 3.38. The Morgan fingerprint density at radius 3 is 2.60 bits per heavy atom. The van der Waals surface area contributed by atoms with Gasteiger partial charge in [0.1, 0.15) is 0 Å². The SMILES string of the molecule is CCOC(=O)C1=C(C)N(C)C(=S)NC1c1cccc(NC(=O)c2ccccc2C)c1. The maximum absolute atomic E-state index is 12.7. The van der Waals surface area contributed by atoms with Crippen LogP contribution in [0.4, 0.5) is 5.69 Å². The number of rotatable bonds is 5. The van der Waals surface area contributed by atoms with E-state index in [0.717, 1.165) is 16.8 Å². The van der Waals surface area contributed by atoms with Gasteiger partial charge in [0.25, 0.3) is 5.91 Å². The summed E-state index contributed by atoms with van der Waals surface area (Å²) < 4.78 is 5.28. The molecule has 0 spiro atoms. The number of carbonyl (C=O) groups is 2. The van der Waals surface area contributed by atoms with E-state index in [4.69, 9.17) is 17.0 Å². The fourth-order valence-corrected chi connectivity index (χ4v) is 3.64. The molecular formula is C23H25N3O3S. The molecule has 1 heterocycles. The fraction of sp³-hybridized carbons (Fsp3) is 0.261. The monoisotopic (exact) mass is 423 g/mol. The van der Waals surface area contributed by atoms with E-state index in [1.165, 1.54) is 0 Å². The zero-order valence-corrected chi connectivity index (χ0v) is 18.3. The van der Waals surface area contributed by atoms with Crippen molar-refractivity contribution >= 4 is 34.9 Å². The summed E-state index contributed by atoms with van der Waals surface area (Å²) in [4.78, 5) is 27.1. The minimum absolute atomic E-state index is 0.186. The quantitative estimate of drug-likeness (QED) is 0.561. The smallest absolute Gasteiger partial charge is 0.338 e. The van der Waals surface area contributed by atoms with Crippen LogP contribution in [0, 0.1) is 6.92 Å². The average Bonchev–Trinajstić information content (AvgIpc) is 2.72. The summed E-state index contributed by atoms with van der Waals surface area (Å²) >= 11 is 5.43. The number of amides is 1. The van der Waals surface area contributed by atoms with Gasteiger partial charge in [-0.2, -0.15) is 0 Å². The second-order valence-electron chi connectivity index (χ2n) is 7.06. The molecular weight excluding hydrogens is 398 g/mol. The van der Waals surface area contributed by atoms with Gasteiger partial charge in [0.15, 0.2) is 5.11 Å². The van der Waals surface area contributed by atoms with Crippen molar-refractivity contribution in [3.05, 3.63) is 76.5 Å². The Morgan fingerprint density at radius 2 is 1.90 bits per heavy atom. The molecule has 3 rings (SSSR count). The molecule has 6 nitrogen and oxygen atoms in total. The first-order valence-corrected chi connectivity index (χ1v) is 10.1. The lowest BCUT2D eigenvalue weighted by atomic mass is 9.94. The van der Waals surface area contributed by atoms with Crippen molar-refractivity contribution in [3.8, 4) is 0 Å². The Balaban J connectivity index is 1.93. The third kappa shape index (κ3) is 4.36. The summed E-state index contributed by atoms with van der Waals surface area (Å²) in [5.41, 5.74) is 4.18. The van der Waals surface area contributed by atoms with Crippen LogP contribution in [0.3, 0.4) is 0 Å². The van der Waals surface area contributed by atoms with Crippen LogP contribution in [-0.4, -0.2) is 35.5 Å². The topological polar surface area (TPSA) is 70.7 Å². The first-order valence-electron chi connectivity index (χ1n) is 9.72. The van der Waals surface area contributed by atoms with Crippen molar-refractivity contribution < 1.29 is 14.3 Å². The molecule has 30 heavy (non-hydrogen) atoms. The Bertz CT molecular complexity index is 1030. The molecule has 0 saturated carbocycles. The highest BCUT2D eigenvalue weighted by Gasteiger charge is 2.33. The minimum Gasteiger partial charge on any atom is -0.463 e. The second-order valence-corrected chi connectivity index (χ2v) is 7.44. The molecule has 1 atom stereocenters. The summed E-state index contributed by atoms with van der Waals surface area (Å²) in [7, 11) is 1.80. The van der Waals surface area contributed by atoms with Gasteiger partial charge in [-0.15, -0.1) is 0 Å². The number of benzene rings is 2. The highest BCUT2D eigenvalue weighted by molar-refractivity contribution is 7.80. The number of hydrogen-bond acceptors (Lipinski definition) is 4. The molecule has 1 aliphatic heterocycles. The number of esters is 1. The van der Waals surface area contributed by atoms with Gasteiger partial charge in [0.05, 0.1) is 18.2 Å². The maximum Gasteiger partial charge on any atom is 0.338 e. The van der Waals surface area contributed by atoms with E-state index in [1.54, 1.807) is 24.9 Å². The van der Waals surface area contributed by atoms with Crippen molar-refractivity contribution in [2.75, 3.05) is 19.0 Å². The maximum atomic E-state index is 12.7. The van der Waals surface area contributed by atoms with Crippen molar-refractivity contribution in [1.82, 2.24) is 10.2 Å². The molecule has 7 heteroatoms. The molecule has 0 fully saturated rings. The number of aryl methyl sites for hydroxylation is 1. The number of carbonyl (C=O) groups excluding carboxylic acids is 2. The zero-order valence-electron chi connectivity index (χ0n) is 17.5. The summed E-state index contributed by atoms with van der Waals surface area (Å²) in [6, 6.07) is 14.3. The van der Waals surface area contributed by atoms with Crippen LogP contribution in [-0.2, 0) is 9.53 Å². The van der Waals surface area contributed by atoms with Crippen LogP contribution >= 0.6 is 12.2 Å². The first-order chi connectivity index (χ1) is 14.3. The van der Waals surface area contributed by atoms with Gasteiger partial charge >= 0.3 is 5.97 Å². The van der Waals surface area contributed by atoms with Gasteiger partial charge in [0, 0.05) is 24.0 Å². The molecule has 1 unspecified atom stereocenters. The van der Waals surface area contributed by atoms with Crippen molar-refractivity contribution in [3.63, 3.8) is 0 Å². The Hall–Kier alpha value is -3.19. The Morgan fingerprint density at radius 1 is 1.17 bits per heavy atom. The van der Waals surface area contributed by atoms with Gasteiger partial charge in [-0.05, 0) is 62.3 Å². The third-order valence-electron chi connectivity index (χ3n) is 5.12. The molecule has 156 valence electrons. The van der Waals surface area contributed by atoms with E-state index >= 15 is 0 Å². The lowest BCUT2D eigenvalue weighted by Gasteiger charge is -2.35. The highest BCUT2D eigenvalue weighted by atomic mass is 32.1. The Labute approximate surface area is 181 Å². The van der Waals surface area contributed by atoms with Crippen molar-refractivity contribution in [1.29, 1.82) is 0 Å². The second kappa shape index (κ2) is 9.09. The van der Waals surface area contributed by atoms with Gasteiger partial charge in [-0.25, -0.2) is 4.79 Å². The van der Waals surface area contributed by atoms with E-state index in [0.29, 0.717) is 21.9 Å². The molecule has 1 amide bonds. The molecule has 2 N–H and O–H groups in total. The molecule has 0 aliphatic carbocycles. The summed E-state index contributed by atoms with van der Waals surface area (Å²) in [6.07, 6.45) is 0. The lowest BCUT2D eigenvalue weighted by Crippen LogP contribution is -2.46. The van der Waals surface area contributed by atoms with Gasteiger partial charge in [-0.3, -0.25) is 4.79 Å². The van der Waals surface area contributed by atoms with Gasteiger partial charge < -0.3 is 20.3 Å². The van der Waals surface area contributed by atoms with E-state index in [9.17, 15) is 9.59 Å². The molecule has 0 bridgehead atoms. The lowest BCUT2D eigenvalue weighted by molar-refractivity contribution is -0.139. The highest BCUT2D eigenvalue weighted by Crippen LogP contribution is 2.32. The summed E-state index contributed by atoms with van der Waals surface area (Å²) in [5.74, 6) is -0.578. The molecule has 0 aromatic heterocycles. The summed E-state index contributed by atoms with van der Waals surface area (Å²) in [6.45, 7) is 5.79. The number of thiocarbonyl (C=S) groups is 1. The van der Waals surface area contributed by atoms with E-state index in [2.05, 4.69) is 10.6 Å². The van der Waals surface area contributed by atoms with Crippen molar-refractivity contribution in [2.24, 2.45) is 0 Å². The molecule has 2 aromatic rings. The van der Waals surface area contributed by atoms with Crippen molar-refractivity contribution in [2.45, 2.75) is 26.8 Å². The van der Waals surface area contributed by atoms with Crippen LogP contribution in [0.5, 0.6) is 0 Å². The molecule has 2 aromatic carbocycles. The zero-order chi connectivity index (χ0) is 21.8. The number of ether oxygens (including phenoxy) is 1. The number of nitrogens with one attached hydrogen (secondary N) is 2. The van der Waals surface area contributed by atoms with E-state index < -0.39 is 12.0 Å². The number of allylic oxidation sites excluding steroid dienone is 1. The van der Waals surface area contributed by atoms with E-state index in [-0.39, 0.29) is 12.5 Å². The van der Waals surface area contributed by atoms with Gasteiger partial charge in [0.2, 0.25) is 0 Å². The first kappa shape index (κ1) is 21.5. The van der Waals surface area contributed by atoms with Gasteiger partial charge in [-0.1, -0.05) is 30.3 Å². The average molecular weight is 424 g/mol. The molecule has 0 saturated heterocycles. The molecule has 0 radical (unpaired) electrons. The van der Waals surface area contributed by atoms with Crippen LogP contribution in [0.25, 0.3) is 0 Å². The minimum atomic E-state index is -0.469.